The SMILES string of the molecule is COCCN(CC(=O)N(C(C)C)C(C)C)CC1CCCN1. The lowest BCUT2D eigenvalue weighted by Gasteiger charge is -2.34. The van der Waals surface area contributed by atoms with E-state index >= 15 is 0 Å². The minimum absolute atomic E-state index is 0.217. The number of carbonyl (C=O) groups excluding carboxylic acids is 1. The van der Waals surface area contributed by atoms with Crippen LogP contribution in [0.4, 0.5) is 0 Å². The van der Waals surface area contributed by atoms with E-state index in [1.54, 1.807) is 7.11 Å². The van der Waals surface area contributed by atoms with Crippen LogP contribution in [0.3, 0.4) is 0 Å². The van der Waals surface area contributed by atoms with Gasteiger partial charge in [-0.25, -0.2) is 0 Å². The summed E-state index contributed by atoms with van der Waals surface area (Å²) in [6.45, 7) is 12.3. The summed E-state index contributed by atoms with van der Waals surface area (Å²) in [7, 11) is 1.71. The number of amides is 1. The molecule has 1 saturated heterocycles. The molecule has 1 rings (SSSR count). The van der Waals surface area contributed by atoms with E-state index in [4.69, 9.17) is 4.74 Å². The second-order valence-corrected chi connectivity index (χ2v) is 6.51. The summed E-state index contributed by atoms with van der Waals surface area (Å²) < 4.78 is 5.19. The van der Waals surface area contributed by atoms with Gasteiger partial charge in [-0.2, -0.15) is 0 Å². The van der Waals surface area contributed by atoms with Crippen molar-refractivity contribution in [1.29, 1.82) is 0 Å². The Bertz CT molecular complexity index is 294. The van der Waals surface area contributed by atoms with Crippen molar-refractivity contribution in [2.24, 2.45) is 0 Å². The molecule has 1 N–H and O–H groups in total. The van der Waals surface area contributed by atoms with Crippen LogP contribution in [0.1, 0.15) is 40.5 Å². The van der Waals surface area contributed by atoms with E-state index in [0.717, 1.165) is 19.6 Å². The molecule has 1 heterocycles. The predicted molar refractivity (Wildman–Crippen MR) is 86.5 cm³/mol. The number of nitrogens with one attached hydrogen (secondary N) is 1. The summed E-state index contributed by atoms with van der Waals surface area (Å²) in [5.41, 5.74) is 0. The lowest BCUT2D eigenvalue weighted by molar-refractivity contribution is -0.136. The Hall–Kier alpha value is -0.650. The fraction of sp³-hybridized carbons (Fsp3) is 0.938. The van der Waals surface area contributed by atoms with Gasteiger partial charge in [0.05, 0.1) is 13.2 Å². The van der Waals surface area contributed by atoms with Crippen LogP contribution in [-0.2, 0) is 9.53 Å². The smallest absolute Gasteiger partial charge is 0.237 e. The molecule has 21 heavy (non-hydrogen) atoms. The molecule has 0 aliphatic carbocycles. The van der Waals surface area contributed by atoms with Gasteiger partial charge in [-0.05, 0) is 47.1 Å². The first-order chi connectivity index (χ1) is 9.95. The van der Waals surface area contributed by atoms with Gasteiger partial charge in [0.2, 0.25) is 5.91 Å². The van der Waals surface area contributed by atoms with Gasteiger partial charge in [0.25, 0.3) is 0 Å². The molecule has 5 heteroatoms. The molecule has 1 unspecified atom stereocenters. The summed E-state index contributed by atoms with van der Waals surface area (Å²) in [4.78, 5) is 16.8. The van der Waals surface area contributed by atoms with Gasteiger partial charge in [-0.15, -0.1) is 0 Å². The average Bonchev–Trinajstić information content (AvgIpc) is 2.87. The second kappa shape index (κ2) is 9.38. The van der Waals surface area contributed by atoms with E-state index in [1.807, 2.05) is 4.90 Å². The molecule has 0 spiro atoms. The Morgan fingerprint density at radius 2 is 1.95 bits per heavy atom. The number of carbonyl (C=O) groups is 1. The minimum Gasteiger partial charge on any atom is -0.383 e. The molecule has 1 amide bonds. The summed E-state index contributed by atoms with van der Waals surface area (Å²) in [6.07, 6.45) is 2.44. The van der Waals surface area contributed by atoms with Gasteiger partial charge in [0.1, 0.15) is 0 Å². The first-order valence-corrected chi connectivity index (χ1v) is 8.21. The van der Waals surface area contributed by atoms with Crippen LogP contribution >= 0.6 is 0 Å². The first kappa shape index (κ1) is 18.4. The van der Waals surface area contributed by atoms with Crippen molar-refractivity contribution in [3.05, 3.63) is 0 Å². The van der Waals surface area contributed by atoms with Crippen molar-refractivity contribution in [1.82, 2.24) is 15.1 Å². The zero-order valence-corrected chi connectivity index (χ0v) is 14.4. The molecular weight excluding hydrogens is 266 g/mol. The summed E-state index contributed by atoms with van der Waals surface area (Å²) in [5.74, 6) is 0.217. The molecule has 1 fully saturated rings. The maximum absolute atomic E-state index is 12.6. The molecule has 0 aromatic rings. The van der Waals surface area contributed by atoms with Crippen LogP contribution in [0, 0.1) is 0 Å². The van der Waals surface area contributed by atoms with E-state index in [0.29, 0.717) is 19.2 Å². The van der Waals surface area contributed by atoms with Crippen LogP contribution in [0.15, 0.2) is 0 Å². The summed E-state index contributed by atoms with van der Waals surface area (Å²) in [6, 6.07) is 0.999. The lowest BCUT2D eigenvalue weighted by atomic mass is 10.2. The van der Waals surface area contributed by atoms with Gasteiger partial charge in [0, 0.05) is 38.3 Å². The second-order valence-electron chi connectivity index (χ2n) is 6.51. The van der Waals surface area contributed by atoms with Gasteiger partial charge in [0.15, 0.2) is 0 Å². The van der Waals surface area contributed by atoms with E-state index < -0.39 is 0 Å². The normalized spacial score (nSPS) is 19.0. The topological polar surface area (TPSA) is 44.8 Å². The first-order valence-electron chi connectivity index (χ1n) is 8.21. The van der Waals surface area contributed by atoms with Crippen molar-refractivity contribution >= 4 is 5.91 Å². The van der Waals surface area contributed by atoms with E-state index in [9.17, 15) is 4.79 Å². The highest BCUT2D eigenvalue weighted by Crippen LogP contribution is 2.10. The fourth-order valence-corrected chi connectivity index (χ4v) is 3.12. The Morgan fingerprint density at radius 3 is 2.43 bits per heavy atom. The predicted octanol–water partition coefficient (Wildman–Crippen LogP) is 1.33. The lowest BCUT2D eigenvalue weighted by Crippen LogP contribution is -2.49. The molecule has 5 nitrogen and oxygen atoms in total. The maximum atomic E-state index is 12.6. The Kier molecular flexibility index (Phi) is 8.22. The van der Waals surface area contributed by atoms with Crippen LogP contribution in [-0.4, -0.2) is 73.7 Å². The Labute approximate surface area is 130 Å². The standard InChI is InChI=1S/C16H33N3O2/c1-13(2)19(14(3)4)16(20)12-18(9-10-21-5)11-15-7-6-8-17-15/h13-15,17H,6-12H2,1-5H3. The molecule has 1 aliphatic heterocycles. The van der Waals surface area contributed by atoms with Crippen molar-refractivity contribution in [2.75, 3.05) is 39.9 Å². The minimum atomic E-state index is 0.217. The number of ether oxygens (including phenoxy) is 1. The van der Waals surface area contributed by atoms with Gasteiger partial charge in [-0.3, -0.25) is 9.69 Å². The highest BCUT2D eigenvalue weighted by atomic mass is 16.5. The fourth-order valence-electron chi connectivity index (χ4n) is 3.12. The highest BCUT2D eigenvalue weighted by molar-refractivity contribution is 5.78. The zero-order valence-electron chi connectivity index (χ0n) is 14.4. The van der Waals surface area contributed by atoms with Crippen molar-refractivity contribution < 1.29 is 9.53 Å². The van der Waals surface area contributed by atoms with Gasteiger partial charge in [-0.1, -0.05) is 0 Å². The van der Waals surface area contributed by atoms with Crippen LogP contribution < -0.4 is 5.32 Å². The third-order valence-corrected chi connectivity index (χ3v) is 4.01. The van der Waals surface area contributed by atoms with Crippen molar-refractivity contribution in [2.45, 2.75) is 58.7 Å². The van der Waals surface area contributed by atoms with E-state index in [-0.39, 0.29) is 18.0 Å². The van der Waals surface area contributed by atoms with Crippen LogP contribution in [0.2, 0.25) is 0 Å². The number of methoxy groups -OCH3 is 1. The van der Waals surface area contributed by atoms with E-state index in [1.165, 1.54) is 12.8 Å². The van der Waals surface area contributed by atoms with E-state index in [2.05, 4.69) is 37.9 Å². The molecule has 124 valence electrons. The van der Waals surface area contributed by atoms with Crippen molar-refractivity contribution in [3.63, 3.8) is 0 Å². The molecule has 0 aromatic heterocycles. The summed E-state index contributed by atoms with van der Waals surface area (Å²) in [5, 5.41) is 3.50. The molecule has 0 radical (unpaired) electrons. The Balaban J connectivity index is 2.58. The third kappa shape index (κ3) is 6.32. The molecule has 1 aliphatic rings. The number of hydrogen-bond acceptors (Lipinski definition) is 4. The average molecular weight is 299 g/mol. The number of nitrogens with zero attached hydrogens (tertiary/aromatic N) is 2. The van der Waals surface area contributed by atoms with Crippen LogP contribution in [0.5, 0.6) is 0 Å². The summed E-state index contributed by atoms with van der Waals surface area (Å²) >= 11 is 0. The number of hydrogen-bond donors (Lipinski definition) is 1. The monoisotopic (exact) mass is 299 g/mol. The highest BCUT2D eigenvalue weighted by Gasteiger charge is 2.24. The zero-order chi connectivity index (χ0) is 15.8. The quantitative estimate of drug-likeness (QED) is 0.698. The molecule has 0 bridgehead atoms. The van der Waals surface area contributed by atoms with Gasteiger partial charge < -0.3 is 15.0 Å². The maximum Gasteiger partial charge on any atom is 0.237 e. The largest absolute Gasteiger partial charge is 0.383 e. The third-order valence-electron chi connectivity index (χ3n) is 4.01. The van der Waals surface area contributed by atoms with Crippen molar-refractivity contribution in [3.8, 4) is 0 Å². The van der Waals surface area contributed by atoms with Gasteiger partial charge >= 0.3 is 0 Å². The molecular formula is C16H33N3O2. The number of rotatable bonds is 9. The molecule has 0 saturated carbocycles. The molecule has 1 atom stereocenters. The Morgan fingerprint density at radius 1 is 1.29 bits per heavy atom. The van der Waals surface area contributed by atoms with Crippen LogP contribution in [0.25, 0.3) is 0 Å². The molecule has 0 aromatic carbocycles.